The van der Waals surface area contributed by atoms with Crippen molar-refractivity contribution in [1.29, 1.82) is 0 Å². The number of carbonyl (C=O) groups is 2. The van der Waals surface area contributed by atoms with Gasteiger partial charge < -0.3 is 14.8 Å². The van der Waals surface area contributed by atoms with E-state index in [1.807, 2.05) is 12.1 Å². The molecule has 0 bridgehead atoms. The highest BCUT2D eigenvalue weighted by Crippen LogP contribution is 2.25. The van der Waals surface area contributed by atoms with Crippen LogP contribution in [0.3, 0.4) is 0 Å². The Balaban J connectivity index is 1.72. The Morgan fingerprint density at radius 3 is 2.87 bits per heavy atom. The number of anilines is 1. The molecule has 0 radical (unpaired) electrons. The summed E-state index contributed by atoms with van der Waals surface area (Å²) in [6, 6.07) is 7.25. The molecule has 1 saturated carbocycles. The van der Waals surface area contributed by atoms with Crippen molar-refractivity contribution in [3.63, 3.8) is 0 Å². The van der Waals surface area contributed by atoms with Crippen LogP contribution in [0.25, 0.3) is 0 Å². The van der Waals surface area contributed by atoms with E-state index in [9.17, 15) is 9.59 Å². The van der Waals surface area contributed by atoms with E-state index in [2.05, 4.69) is 12.2 Å². The number of hydrogen-bond donors (Lipinski definition) is 1. The molecule has 1 aromatic carbocycles. The summed E-state index contributed by atoms with van der Waals surface area (Å²) in [4.78, 5) is 22.8. The fraction of sp³-hybridized carbons (Fsp3) is 0.556. The van der Waals surface area contributed by atoms with Gasteiger partial charge in [-0.05, 0) is 36.5 Å². The summed E-state index contributed by atoms with van der Waals surface area (Å²) in [7, 11) is 0. The summed E-state index contributed by atoms with van der Waals surface area (Å²) in [6.07, 6.45) is 4.63. The Morgan fingerprint density at radius 2 is 2.13 bits per heavy atom. The monoisotopic (exact) mass is 319 g/mol. The summed E-state index contributed by atoms with van der Waals surface area (Å²) >= 11 is 0. The van der Waals surface area contributed by atoms with Crippen LogP contribution in [-0.4, -0.2) is 24.6 Å². The Labute approximate surface area is 137 Å². The fourth-order valence-corrected chi connectivity index (χ4v) is 2.86. The minimum atomic E-state index is -0.354. The second-order valence-corrected chi connectivity index (χ2v) is 6.25. The minimum absolute atomic E-state index is 0.00275. The van der Waals surface area contributed by atoms with Crippen molar-refractivity contribution in [3.05, 3.63) is 29.8 Å². The molecule has 5 heteroatoms. The molecule has 1 aliphatic rings. The number of rotatable bonds is 6. The molecular formula is C18H25NO4. The second-order valence-electron chi connectivity index (χ2n) is 6.25. The Hall–Kier alpha value is -1.88. The predicted octanol–water partition coefficient (Wildman–Crippen LogP) is 3.28. The third kappa shape index (κ3) is 6.40. The number of hydrogen-bond acceptors (Lipinski definition) is 4. The third-order valence-corrected chi connectivity index (χ3v) is 3.97. The van der Waals surface area contributed by atoms with Crippen molar-refractivity contribution in [3.8, 4) is 0 Å². The van der Waals surface area contributed by atoms with E-state index in [1.165, 1.54) is 13.3 Å². The standard InChI is InChI=1S/C18H25NO4/c1-13-5-3-8-17(9-13)22-12-18(21)23-11-15-6-4-7-16(10-15)19-14(2)20/h4,6-7,10,13,17H,3,5,8-9,11-12H2,1-2H3,(H,19,20)/t13-,17+/m0/s1. The third-order valence-electron chi connectivity index (χ3n) is 3.97. The zero-order valence-corrected chi connectivity index (χ0v) is 13.8. The average molecular weight is 319 g/mol. The predicted molar refractivity (Wildman–Crippen MR) is 87.9 cm³/mol. The molecule has 1 aromatic rings. The van der Waals surface area contributed by atoms with Gasteiger partial charge in [0, 0.05) is 12.6 Å². The first kappa shape index (κ1) is 17.5. The maximum atomic E-state index is 11.8. The van der Waals surface area contributed by atoms with E-state index < -0.39 is 0 Å². The molecule has 2 rings (SSSR count). The maximum Gasteiger partial charge on any atom is 0.332 e. The normalized spacial score (nSPS) is 20.8. The Kier molecular flexibility index (Phi) is 6.59. The van der Waals surface area contributed by atoms with Crippen molar-refractivity contribution < 1.29 is 19.1 Å². The molecule has 5 nitrogen and oxygen atoms in total. The van der Waals surface area contributed by atoms with Gasteiger partial charge in [-0.2, -0.15) is 0 Å². The van der Waals surface area contributed by atoms with E-state index in [1.54, 1.807) is 12.1 Å². The van der Waals surface area contributed by atoms with E-state index in [4.69, 9.17) is 9.47 Å². The van der Waals surface area contributed by atoms with Crippen LogP contribution in [0.4, 0.5) is 5.69 Å². The molecule has 0 saturated heterocycles. The van der Waals surface area contributed by atoms with Crippen LogP contribution in [0.1, 0.15) is 45.1 Å². The van der Waals surface area contributed by atoms with Crippen molar-refractivity contribution in [2.24, 2.45) is 5.92 Å². The molecule has 0 unspecified atom stereocenters. The number of esters is 1. The van der Waals surface area contributed by atoms with Gasteiger partial charge in [0.25, 0.3) is 0 Å². The van der Waals surface area contributed by atoms with E-state index in [-0.39, 0.29) is 31.2 Å². The van der Waals surface area contributed by atoms with E-state index >= 15 is 0 Å². The minimum Gasteiger partial charge on any atom is -0.459 e. The fourth-order valence-electron chi connectivity index (χ4n) is 2.86. The van der Waals surface area contributed by atoms with E-state index in [0.29, 0.717) is 11.6 Å². The van der Waals surface area contributed by atoms with Crippen LogP contribution >= 0.6 is 0 Å². The van der Waals surface area contributed by atoms with Gasteiger partial charge in [-0.25, -0.2) is 4.79 Å². The number of ether oxygens (including phenoxy) is 2. The first-order valence-electron chi connectivity index (χ1n) is 8.16. The van der Waals surface area contributed by atoms with Gasteiger partial charge in [-0.15, -0.1) is 0 Å². The van der Waals surface area contributed by atoms with Crippen LogP contribution in [0.5, 0.6) is 0 Å². The Morgan fingerprint density at radius 1 is 1.30 bits per heavy atom. The van der Waals surface area contributed by atoms with Crippen molar-refractivity contribution >= 4 is 17.6 Å². The highest BCUT2D eigenvalue weighted by molar-refractivity contribution is 5.88. The first-order chi connectivity index (χ1) is 11.0. The molecule has 0 aromatic heterocycles. The lowest BCUT2D eigenvalue weighted by molar-refractivity contribution is -0.153. The maximum absolute atomic E-state index is 11.8. The molecular weight excluding hydrogens is 294 g/mol. The summed E-state index contributed by atoms with van der Waals surface area (Å²) in [5.41, 5.74) is 1.52. The van der Waals surface area contributed by atoms with Crippen LogP contribution in [0, 0.1) is 5.92 Å². The second kappa shape index (κ2) is 8.67. The molecule has 1 fully saturated rings. The molecule has 23 heavy (non-hydrogen) atoms. The summed E-state index contributed by atoms with van der Waals surface area (Å²) in [5.74, 6) is 0.184. The smallest absolute Gasteiger partial charge is 0.332 e. The van der Waals surface area contributed by atoms with Crippen LogP contribution < -0.4 is 5.32 Å². The molecule has 0 heterocycles. The summed E-state index contributed by atoms with van der Waals surface area (Å²) in [6.45, 7) is 3.85. The van der Waals surface area contributed by atoms with Crippen molar-refractivity contribution in [1.82, 2.24) is 0 Å². The molecule has 0 aliphatic heterocycles. The van der Waals surface area contributed by atoms with Gasteiger partial charge >= 0.3 is 5.97 Å². The number of benzene rings is 1. The van der Waals surface area contributed by atoms with Gasteiger partial charge in [0.15, 0.2) is 0 Å². The highest BCUT2D eigenvalue weighted by atomic mass is 16.6. The van der Waals surface area contributed by atoms with Crippen molar-refractivity contribution in [2.75, 3.05) is 11.9 Å². The number of carbonyl (C=O) groups excluding carboxylic acids is 2. The molecule has 0 spiro atoms. The highest BCUT2D eigenvalue weighted by Gasteiger charge is 2.20. The molecule has 1 aliphatic carbocycles. The van der Waals surface area contributed by atoms with Crippen LogP contribution in [0.2, 0.25) is 0 Å². The molecule has 1 amide bonds. The SMILES string of the molecule is CC(=O)Nc1cccc(COC(=O)CO[C@@H]2CCC[C@H](C)C2)c1. The van der Waals surface area contributed by atoms with Gasteiger partial charge in [0.05, 0.1) is 6.10 Å². The zero-order chi connectivity index (χ0) is 16.7. The number of nitrogens with one attached hydrogen (secondary N) is 1. The van der Waals surface area contributed by atoms with Gasteiger partial charge in [0.2, 0.25) is 5.91 Å². The molecule has 2 atom stereocenters. The molecule has 126 valence electrons. The average Bonchev–Trinajstić information content (AvgIpc) is 2.51. The zero-order valence-electron chi connectivity index (χ0n) is 13.8. The lowest BCUT2D eigenvalue weighted by atomic mass is 9.89. The molecule has 1 N–H and O–H groups in total. The Bertz CT molecular complexity index is 544. The van der Waals surface area contributed by atoms with Crippen LogP contribution in [0.15, 0.2) is 24.3 Å². The van der Waals surface area contributed by atoms with Crippen LogP contribution in [-0.2, 0) is 25.7 Å². The number of amides is 1. The lowest BCUT2D eigenvalue weighted by Crippen LogP contribution is -2.25. The first-order valence-corrected chi connectivity index (χ1v) is 8.16. The van der Waals surface area contributed by atoms with Gasteiger partial charge in [-0.3, -0.25) is 4.79 Å². The lowest BCUT2D eigenvalue weighted by Gasteiger charge is -2.26. The van der Waals surface area contributed by atoms with Gasteiger partial charge in [0.1, 0.15) is 13.2 Å². The largest absolute Gasteiger partial charge is 0.459 e. The summed E-state index contributed by atoms with van der Waals surface area (Å²) in [5, 5.41) is 2.70. The van der Waals surface area contributed by atoms with Crippen molar-refractivity contribution in [2.45, 2.75) is 52.2 Å². The topological polar surface area (TPSA) is 64.6 Å². The van der Waals surface area contributed by atoms with Gasteiger partial charge in [-0.1, -0.05) is 31.9 Å². The van der Waals surface area contributed by atoms with E-state index in [0.717, 1.165) is 24.8 Å². The summed E-state index contributed by atoms with van der Waals surface area (Å²) < 4.78 is 10.9. The quantitative estimate of drug-likeness (QED) is 0.817.